The molecule has 1 rings (SSSR count). The lowest BCUT2D eigenvalue weighted by molar-refractivity contribution is 0.177. The second-order valence-corrected chi connectivity index (χ2v) is 5.07. The van der Waals surface area contributed by atoms with E-state index >= 15 is 0 Å². The molecule has 1 aliphatic heterocycles. The van der Waals surface area contributed by atoms with E-state index in [-0.39, 0.29) is 0 Å². The third kappa shape index (κ3) is 4.77. The molecular formula is C8H17N3O4S. The van der Waals surface area contributed by atoms with Crippen molar-refractivity contribution in [3.05, 3.63) is 0 Å². The number of carbonyl (C=O) groups excluding carboxylic acids is 1. The van der Waals surface area contributed by atoms with Gasteiger partial charge in [-0.3, -0.25) is 0 Å². The Kier molecular flexibility index (Phi) is 4.97. The van der Waals surface area contributed by atoms with Gasteiger partial charge >= 0.3 is 16.3 Å². The Balaban J connectivity index is 2.22. The number of methoxy groups -OCH3 is 1. The van der Waals surface area contributed by atoms with E-state index in [1.54, 1.807) is 4.72 Å². The van der Waals surface area contributed by atoms with Crippen molar-refractivity contribution in [1.29, 1.82) is 0 Å². The molecule has 1 saturated heterocycles. The predicted octanol–water partition coefficient (Wildman–Crippen LogP) is -0.681. The maximum atomic E-state index is 11.2. The Labute approximate surface area is 95.1 Å². The second kappa shape index (κ2) is 6.02. The first-order valence-corrected chi connectivity index (χ1v) is 6.60. The lowest BCUT2D eigenvalue weighted by Gasteiger charge is -2.11. The van der Waals surface area contributed by atoms with Gasteiger partial charge < -0.3 is 10.1 Å². The van der Waals surface area contributed by atoms with Crippen LogP contribution in [-0.4, -0.2) is 40.8 Å². The van der Waals surface area contributed by atoms with Crippen LogP contribution in [0, 0.1) is 0 Å². The summed E-state index contributed by atoms with van der Waals surface area (Å²) in [4.78, 5) is 10.7. The van der Waals surface area contributed by atoms with E-state index in [0.717, 1.165) is 26.5 Å². The molecule has 7 nitrogen and oxygen atoms in total. The zero-order chi connectivity index (χ0) is 12.0. The summed E-state index contributed by atoms with van der Waals surface area (Å²) in [5.41, 5.74) is 0. The van der Waals surface area contributed by atoms with E-state index in [2.05, 4.69) is 14.8 Å². The molecule has 0 spiro atoms. The smallest absolute Gasteiger partial charge is 0.421 e. The van der Waals surface area contributed by atoms with E-state index < -0.39 is 16.3 Å². The molecule has 0 aliphatic carbocycles. The van der Waals surface area contributed by atoms with Crippen LogP contribution in [0.3, 0.4) is 0 Å². The number of hydrogen-bond acceptors (Lipinski definition) is 5. The van der Waals surface area contributed by atoms with Crippen molar-refractivity contribution in [3.63, 3.8) is 0 Å². The van der Waals surface area contributed by atoms with Crippen molar-refractivity contribution in [2.24, 2.45) is 0 Å². The molecule has 0 aromatic heterocycles. The Morgan fingerprint density at radius 1 is 1.56 bits per heavy atom. The van der Waals surface area contributed by atoms with Crippen LogP contribution in [0.1, 0.15) is 19.3 Å². The zero-order valence-corrected chi connectivity index (χ0v) is 9.97. The highest BCUT2D eigenvalue weighted by Gasteiger charge is 2.17. The number of hydrogen-bond donors (Lipinski definition) is 3. The van der Waals surface area contributed by atoms with Gasteiger partial charge in [0.25, 0.3) is 0 Å². The van der Waals surface area contributed by atoms with Crippen molar-refractivity contribution >= 4 is 16.3 Å². The summed E-state index contributed by atoms with van der Waals surface area (Å²) in [7, 11) is -2.68. The Morgan fingerprint density at radius 2 is 2.31 bits per heavy atom. The normalized spacial score (nSPS) is 20.7. The highest BCUT2D eigenvalue weighted by molar-refractivity contribution is 7.88. The Morgan fingerprint density at radius 3 is 2.88 bits per heavy atom. The summed E-state index contributed by atoms with van der Waals surface area (Å²) in [5, 5.41) is 3.25. The van der Waals surface area contributed by atoms with Gasteiger partial charge in [0.2, 0.25) is 0 Å². The first-order chi connectivity index (χ1) is 7.53. The number of ether oxygens (including phenoxy) is 1. The van der Waals surface area contributed by atoms with Crippen molar-refractivity contribution in [1.82, 2.24) is 14.8 Å². The fourth-order valence-electron chi connectivity index (χ4n) is 1.56. The van der Waals surface area contributed by atoms with Gasteiger partial charge in [0.05, 0.1) is 7.11 Å². The molecule has 94 valence electrons. The maximum Gasteiger partial charge on any atom is 0.421 e. The molecular weight excluding hydrogens is 234 g/mol. The lowest BCUT2D eigenvalue weighted by atomic mass is 10.2. The number of nitrogens with one attached hydrogen (secondary N) is 3. The minimum atomic E-state index is -3.79. The number of carbonyl (C=O) groups is 1. The summed E-state index contributed by atoms with van der Waals surface area (Å²) in [5.74, 6) is 0. The molecule has 0 aromatic carbocycles. The lowest BCUT2D eigenvalue weighted by Crippen LogP contribution is -2.41. The van der Waals surface area contributed by atoms with Gasteiger partial charge in [0.1, 0.15) is 0 Å². The van der Waals surface area contributed by atoms with Crippen LogP contribution in [0.25, 0.3) is 0 Å². The van der Waals surface area contributed by atoms with Crippen LogP contribution >= 0.6 is 0 Å². The predicted molar refractivity (Wildman–Crippen MR) is 58.1 cm³/mol. The Hall–Kier alpha value is -0.860. The minimum absolute atomic E-state index is 0.296. The first kappa shape index (κ1) is 13.2. The summed E-state index contributed by atoms with van der Waals surface area (Å²) >= 11 is 0. The molecule has 1 amide bonds. The third-order valence-corrected chi connectivity index (χ3v) is 3.37. The average Bonchev–Trinajstić information content (AvgIpc) is 2.69. The fraction of sp³-hybridized carbons (Fsp3) is 0.875. The van der Waals surface area contributed by atoms with Crippen LogP contribution in [0.5, 0.6) is 0 Å². The van der Waals surface area contributed by atoms with Crippen LogP contribution in [-0.2, 0) is 14.9 Å². The van der Waals surface area contributed by atoms with Crippen LogP contribution < -0.4 is 14.8 Å². The van der Waals surface area contributed by atoms with E-state index in [1.807, 2.05) is 0 Å². The molecule has 0 aromatic rings. The highest BCUT2D eigenvalue weighted by atomic mass is 32.2. The topological polar surface area (TPSA) is 96.5 Å². The standard InChI is InChI=1S/C8H17N3O4S/c1-15-8(12)11-16(13,14)10-6-4-7-3-2-5-9-7/h7,9-10H,2-6H2,1H3,(H,11,12)/t7-/m0/s1. The molecule has 0 unspecified atom stereocenters. The summed E-state index contributed by atoms with van der Waals surface area (Å²) < 4.78 is 30.6. The quantitative estimate of drug-likeness (QED) is 0.601. The molecule has 1 heterocycles. The van der Waals surface area contributed by atoms with Gasteiger partial charge in [0, 0.05) is 12.6 Å². The first-order valence-electron chi connectivity index (χ1n) is 5.12. The van der Waals surface area contributed by atoms with Crippen molar-refractivity contribution in [2.45, 2.75) is 25.3 Å². The number of amides is 1. The van der Waals surface area contributed by atoms with Crippen molar-refractivity contribution in [3.8, 4) is 0 Å². The van der Waals surface area contributed by atoms with Gasteiger partial charge in [-0.2, -0.15) is 13.1 Å². The van der Waals surface area contributed by atoms with Gasteiger partial charge in [-0.05, 0) is 25.8 Å². The summed E-state index contributed by atoms with van der Waals surface area (Å²) in [6.45, 7) is 1.28. The summed E-state index contributed by atoms with van der Waals surface area (Å²) in [6, 6.07) is 0.362. The molecule has 1 aliphatic rings. The van der Waals surface area contributed by atoms with Crippen LogP contribution in [0.2, 0.25) is 0 Å². The van der Waals surface area contributed by atoms with Gasteiger partial charge in [-0.15, -0.1) is 0 Å². The van der Waals surface area contributed by atoms with E-state index in [0.29, 0.717) is 19.0 Å². The largest absolute Gasteiger partial charge is 0.452 e. The molecule has 8 heteroatoms. The van der Waals surface area contributed by atoms with Gasteiger partial charge in [-0.1, -0.05) is 0 Å². The molecule has 0 radical (unpaired) electrons. The molecule has 1 fully saturated rings. The highest BCUT2D eigenvalue weighted by Crippen LogP contribution is 2.07. The van der Waals surface area contributed by atoms with Gasteiger partial charge in [-0.25, -0.2) is 9.52 Å². The van der Waals surface area contributed by atoms with E-state index in [9.17, 15) is 13.2 Å². The summed E-state index contributed by atoms with van der Waals surface area (Å²) in [6.07, 6.45) is 1.90. The SMILES string of the molecule is COC(=O)NS(=O)(=O)NCC[C@@H]1CCCN1. The van der Waals surface area contributed by atoms with Gasteiger partial charge in [0.15, 0.2) is 0 Å². The van der Waals surface area contributed by atoms with Crippen LogP contribution in [0.15, 0.2) is 0 Å². The van der Waals surface area contributed by atoms with Crippen molar-refractivity contribution < 1.29 is 17.9 Å². The van der Waals surface area contributed by atoms with Crippen molar-refractivity contribution in [2.75, 3.05) is 20.2 Å². The second-order valence-electron chi connectivity index (χ2n) is 3.57. The molecule has 16 heavy (non-hydrogen) atoms. The third-order valence-electron chi connectivity index (χ3n) is 2.35. The van der Waals surface area contributed by atoms with E-state index in [1.165, 1.54) is 0 Å². The number of rotatable bonds is 5. The molecule has 3 N–H and O–H groups in total. The molecule has 0 saturated carbocycles. The monoisotopic (exact) mass is 251 g/mol. The molecule has 1 atom stereocenters. The van der Waals surface area contributed by atoms with Crippen LogP contribution in [0.4, 0.5) is 4.79 Å². The Bertz CT molecular complexity index is 324. The zero-order valence-electron chi connectivity index (χ0n) is 9.15. The van der Waals surface area contributed by atoms with E-state index in [4.69, 9.17) is 0 Å². The maximum absolute atomic E-state index is 11.2. The average molecular weight is 251 g/mol. The fourth-order valence-corrected chi connectivity index (χ4v) is 2.32. The molecule has 0 bridgehead atoms. The minimum Gasteiger partial charge on any atom is -0.452 e.